The molecule has 0 aromatic heterocycles. The van der Waals surface area contributed by atoms with Gasteiger partial charge in [-0.15, -0.1) is 0 Å². The van der Waals surface area contributed by atoms with E-state index in [1.165, 1.54) is 11.1 Å². The van der Waals surface area contributed by atoms with E-state index >= 15 is 0 Å². The summed E-state index contributed by atoms with van der Waals surface area (Å²) in [5.74, 6) is 0.767. The average molecular weight is 216 g/mol. The number of fused-ring (bicyclic) bond motifs is 1. The Hall–Kier alpha value is -1.35. The Balaban J connectivity index is 1.85. The van der Waals surface area contributed by atoms with Gasteiger partial charge >= 0.3 is 0 Å². The van der Waals surface area contributed by atoms with Gasteiger partial charge < -0.3 is 11.1 Å². The van der Waals surface area contributed by atoms with Gasteiger partial charge in [0.2, 0.25) is 5.91 Å². The Labute approximate surface area is 95.0 Å². The first-order chi connectivity index (χ1) is 7.72. The second-order valence-corrected chi connectivity index (χ2v) is 4.89. The summed E-state index contributed by atoms with van der Waals surface area (Å²) in [6.07, 6.45) is 3.69. The molecule has 1 aromatic carbocycles. The molecule has 1 aromatic rings. The molecule has 3 rings (SSSR count). The topological polar surface area (TPSA) is 55.1 Å². The minimum Gasteiger partial charge on any atom is -0.328 e. The van der Waals surface area contributed by atoms with E-state index in [1.54, 1.807) is 0 Å². The van der Waals surface area contributed by atoms with Gasteiger partial charge in [-0.25, -0.2) is 0 Å². The largest absolute Gasteiger partial charge is 0.328 e. The monoisotopic (exact) mass is 216 g/mol. The summed E-state index contributed by atoms with van der Waals surface area (Å²) in [5.41, 5.74) is 9.46. The second-order valence-electron chi connectivity index (χ2n) is 4.89. The Morgan fingerprint density at radius 1 is 1.25 bits per heavy atom. The van der Waals surface area contributed by atoms with Crippen LogP contribution in [0.4, 0.5) is 5.69 Å². The SMILES string of the molecule is NC1CC(c2ccc3c(c2)CCC(=O)N3)C1. The van der Waals surface area contributed by atoms with Crippen LogP contribution in [0, 0.1) is 0 Å². The number of benzene rings is 1. The van der Waals surface area contributed by atoms with Crippen molar-refractivity contribution in [3.63, 3.8) is 0 Å². The van der Waals surface area contributed by atoms with Crippen LogP contribution >= 0.6 is 0 Å². The lowest BCUT2D eigenvalue weighted by atomic mass is 9.76. The van der Waals surface area contributed by atoms with Gasteiger partial charge in [0.05, 0.1) is 0 Å². The first kappa shape index (κ1) is 9.85. The van der Waals surface area contributed by atoms with Crippen molar-refractivity contribution in [2.24, 2.45) is 5.73 Å². The Morgan fingerprint density at radius 3 is 2.81 bits per heavy atom. The van der Waals surface area contributed by atoms with Crippen molar-refractivity contribution in [2.75, 3.05) is 5.32 Å². The summed E-state index contributed by atoms with van der Waals surface area (Å²) in [5, 5.41) is 2.91. The zero-order valence-corrected chi connectivity index (χ0v) is 9.20. The maximum atomic E-state index is 11.2. The number of carbonyl (C=O) groups excluding carboxylic acids is 1. The summed E-state index contributed by atoms with van der Waals surface area (Å²) in [6.45, 7) is 0. The highest BCUT2D eigenvalue weighted by atomic mass is 16.1. The number of hydrogen-bond acceptors (Lipinski definition) is 2. The predicted molar refractivity (Wildman–Crippen MR) is 63.3 cm³/mol. The van der Waals surface area contributed by atoms with Gasteiger partial charge in [-0.2, -0.15) is 0 Å². The van der Waals surface area contributed by atoms with Gasteiger partial charge in [0.1, 0.15) is 0 Å². The van der Waals surface area contributed by atoms with Crippen LogP contribution in [0.5, 0.6) is 0 Å². The molecular formula is C13H16N2O. The quantitative estimate of drug-likeness (QED) is 0.751. The number of nitrogens with one attached hydrogen (secondary N) is 1. The smallest absolute Gasteiger partial charge is 0.224 e. The summed E-state index contributed by atoms with van der Waals surface area (Å²) >= 11 is 0. The van der Waals surface area contributed by atoms with Crippen LogP contribution in [0.1, 0.15) is 36.3 Å². The number of aryl methyl sites for hydroxylation is 1. The van der Waals surface area contributed by atoms with Crippen LogP contribution in [-0.2, 0) is 11.2 Å². The number of hydrogen-bond donors (Lipinski definition) is 2. The molecular weight excluding hydrogens is 200 g/mol. The molecule has 1 amide bonds. The minimum absolute atomic E-state index is 0.130. The van der Waals surface area contributed by atoms with Crippen molar-refractivity contribution < 1.29 is 4.79 Å². The van der Waals surface area contributed by atoms with Crippen molar-refractivity contribution in [1.82, 2.24) is 0 Å². The van der Waals surface area contributed by atoms with Gasteiger partial charge in [0.25, 0.3) is 0 Å². The summed E-state index contributed by atoms with van der Waals surface area (Å²) in [6, 6.07) is 6.79. The number of rotatable bonds is 1. The Bertz CT molecular complexity index is 436. The van der Waals surface area contributed by atoms with Crippen LogP contribution < -0.4 is 11.1 Å². The lowest BCUT2D eigenvalue weighted by Gasteiger charge is -2.33. The van der Waals surface area contributed by atoms with E-state index in [1.807, 2.05) is 6.07 Å². The zero-order chi connectivity index (χ0) is 11.1. The molecule has 16 heavy (non-hydrogen) atoms. The van der Waals surface area contributed by atoms with Gasteiger partial charge in [-0.3, -0.25) is 4.79 Å². The molecule has 0 unspecified atom stereocenters. The van der Waals surface area contributed by atoms with E-state index in [9.17, 15) is 4.79 Å². The van der Waals surface area contributed by atoms with Crippen LogP contribution in [0.25, 0.3) is 0 Å². The summed E-state index contributed by atoms with van der Waals surface area (Å²) in [7, 11) is 0. The molecule has 84 valence electrons. The van der Waals surface area contributed by atoms with E-state index in [4.69, 9.17) is 5.73 Å². The molecule has 0 spiro atoms. The Kier molecular flexibility index (Phi) is 2.21. The van der Waals surface area contributed by atoms with Gasteiger partial charge in [0.15, 0.2) is 0 Å². The molecule has 1 aliphatic heterocycles. The van der Waals surface area contributed by atoms with E-state index in [-0.39, 0.29) is 5.91 Å². The molecule has 0 bridgehead atoms. The van der Waals surface area contributed by atoms with Crippen molar-refractivity contribution in [1.29, 1.82) is 0 Å². The molecule has 1 fully saturated rings. The van der Waals surface area contributed by atoms with Crippen molar-refractivity contribution in [3.05, 3.63) is 29.3 Å². The molecule has 1 aliphatic carbocycles. The third-order valence-corrected chi connectivity index (χ3v) is 3.67. The zero-order valence-electron chi connectivity index (χ0n) is 9.20. The van der Waals surface area contributed by atoms with Gasteiger partial charge in [-0.05, 0) is 42.4 Å². The number of carbonyl (C=O) groups is 1. The summed E-state index contributed by atoms with van der Waals surface area (Å²) < 4.78 is 0. The molecule has 0 atom stereocenters. The van der Waals surface area contributed by atoms with E-state index in [0.29, 0.717) is 18.4 Å². The van der Waals surface area contributed by atoms with Gasteiger partial charge in [0, 0.05) is 18.2 Å². The van der Waals surface area contributed by atoms with Gasteiger partial charge in [-0.1, -0.05) is 12.1 Å². The predicted octanol–water partition coefficient (Wildman–Crippen LogP) is 1.78. The molecule has 1 saturated carbocycles. The standard InChI is InChI=1S/C13H16N2O/c14-11-6-10(7-11)8-1-3-12-9(5-8)2-4-13(16)15-12/h1,3,5,10-11H,2,4,6-7,14H2,(H,15,16). The average Bonchev–Trinajstić information content (AvgIpc) is 2.24. The lowest BCUT2D eigenvalue weighted by Crippen LogP contribution is -2.34. The van der Waals surface area contributed by atoms with Crippen molar-refractivity contribution >= 4 is 11.6 Å². The van der Waals surface area contributed by atoms with E-state index in [0.717, 1.165) is 24.9 Å². The molecule has 1 heterocycles. The normalized spacial score (nSPS) is 27.9. The van der Waals surface area contributed by atoms with Crippen LogP contribution in [0.2, 0.25) is 0 Å². The maximum Gasteiger partial charge on any atom is 0.224 e. The molecule has 3 heteroatoms. The molecule has 3 nitrogen and oxygen atoms in total. The fourth-order valence-corrected chi connectivity index (χ4v) is 2.59. The second kappa shape index (κ2) is 3.59. The van der Waals surface area contributed by atoms with E-state index < -0.39 is 0 Å². The maximum absolute atomic E-state index is 11.2. The third-order valence-electron chi connectivity index (χ3n) is 3.67. The third kappa shape index (κ3) is 1.61. The molecule has 0 saturated heterocycles. The number of amides is 1. The molecule has 0 radical (unpaired) electrons. The fraction of sp³-hybridized carbons (Fsp3) is 0.462. The number of anilines is 1. The van der Waals surface area contributed by atoms with Crippen LogP contribution in [0.3, 0.4) is 0 Å². The highest BCUT2D eigenvalue weighted by molar-refractivity contribution is 5.93. The van der Waals surface area contributed by atoms with Crippen molar-refractivity contribution in [2.45, 2.75) is 37.6 Å². The summed E-state index contributed by atoms with van der Waals surface area (Å²) in [4.78, 5) is 11.2. The first-order valence-corrected chi connectivity index (χ1v) is 5.90. The fourth-order valence-electron chi connectivity index (χ4n) is 2.59. The van der Waals surface area contributed by atoms with Crippen molar-refractivity contribution in [3.8, 4) is 0 Å². The highest BCUT2D eigenvalue weighted by Crippen LogP contribution is 2.37. The number of nitrogens with two attached hydrogens (primary N) is 1. The molecule has 3 N–H and O–H groups in total. The lowest BCUT2D eigenvalue weighted by molar-refractivity contribution is -0.116. The van der Waals surface area contributed by atoms with Crippen LogP contribution in [0.15, 0.2) is 18.2 Å². The Morgan fingerprint density at radius 2 is 2.06 bits per heavy atom. The highest BCUT2D eigenvalue weighted by Gasteiger charge is 2.28. The molecule has 2 aliphatic rings. The minimum atomic E-state index is 0.130. The first-order valence-electron chi connectivity index (χ1n) is 5.90. The van der Waals surface area contributed by atoms with E-state index in [2.05, 4.69) is 17.4 Å². The van der Waals surface area contributed by atoms with Crippen LogP contribution in [-0.4, -0.2) is 11.9 Å².